The average Bonchev–Trinajstić information content (AvgIpc) is 3.38. The summed E-state index contributed by atoms with van der Waals surface area (Å²) in [6.07, 6.45) is 2.56. The summed E-state index contributed by atoms with van der Waals surface area (Å²) in [6, 6.07) is 9.76. The van der Waals surface area contributed by atoms with Gasteiger partial charge in [0, 0.05) is 61.6 Å². The highest BCUT2D eigenvalue weighted by Gasteiger charge is 2.55. The van der Waals surface area contributed by atoms with Crippen molar-refractivity contribution >= 4 is 12.0 Å². The number of likely N-dealkylation sites (tertiary alicyclic amines) is 1. The summed E-state index contributed by atoms with van der Waals surface area (Å²) in [5, 5.41) is 16.6. The van der Waals surface area contributed by atoms with E-state index in [-0.39, 0.29) is 18.9 Å². The average molecular weight is 546 g/mol. The molecule has 10 heteroatoms. The smallest absolute Gasteiger partial charge is 0.407 e. The standard InChI is InChI=1S/C30H35N5O5/c1-19(36)28-31-13-14-34(28)16-22-15-26(40-33-22)21-8-5-20(6-9-21)7-10-23-24-17-35(18-25(23)24)27(37)11-12-32-29(38)39-30(2,3)4/h5-6,8-9,13-15,19,23-25,36H,11-12,16-18H2,1-4H3,(H,32,38)/t19-,23-,24-,25+/m0/s1. The van der Waals surface area contributed by atoms with Gasteiger partial charge < -0.3 is 29.2 Å². The lowest BCUT2D eigenvalue weighted by Gasteiger charge is -2.21. The number of nitrogens with zero attached hydrogens (tertiary/aromatic N) is 4. The highest BCUT2D eigenvalue weighted by atomic mass is 16.6. The van der Waals surface area contributed by atoms with E-state index in [1.807, 2.05) is 39.8 Å². The van der Waals surface area contributed by atoms with Gasteiger partial charge in [-0.15, -0.1) is 0 Å². The molecule has 0 spiro atoms. The molecule has 1 aliphatic carbocycles. The first-order valence-corrected chi connectivity index (χ1v) is 13.6. The summed E-state index contributed by atoms with van der Waals surface area (Å²) >= 11 is 0. The molecule has 40 heavy (non-hydrogen) atoms. The quantitative estimate of drug-likeness (QED) is 0.435. The number of rotatable bonds is 7. The Morgan fingerprint density at radius 2 is 1.95 bits per heavy atom. The Balaban J connectivity index is 1.07. The summed E-state index contributed by atoms with van der Waals surface area (Å²) in [7, 11) is 0. The molecule has 3 aromatic rings. The highest BCUT2D eigenvalue weighted by molar-refractivity contribution is 5.78. The summed E-state index contributed by atoms with van der Waals surface area (Å²) in [4.78, 5) is 30.3. The molecule has 210 valence electrons. The third-order valence-electron chi connectivity index (χ3n) is 7.12. The Kier molecular flexibility index (Phi) is 7.68. The van der Waals surface area contributed by atoms with Crippen LogP contribution in [-0.4, -0.2) is 61.9 Å². The van der Waals surface area contributed by atoms with Crippen molar-refractivity contribution in [2.24, 2.45) is 17.8 Å². The van der Waals surface area contributed by atoms with Crippen LogP contribution in [0.25, 0.3) is 11.3 Å². The normalized spacial score (nSPS) is 20.3. The number of aromatic nitrogens is 3. The van der Waals surface area contributed by atoms with Crippen molar-refractivity contribution in [1.82, 2.24) is 24.9 Å². The van der Waals surface area contributed by atoms with Gasteiger partial charge in [0.15, 0.2) is 5.76 Å². The van der Waals surface area contributed by atoms with Crippen LogP contribution in [-0.2, 0) is 16.1 Å². The first-order valence-electron chi connectivity index (χ1n) is 13.6. The minimum absolute atomic E-state index is 0.0505. The van der Waals surface area contributed by atoms with Crippen molar-refractivity contribution in [3.05, 3.63) is 59.8 Å². The second-order valence-electron chi connectivity index (χ2n) is 11.4. The first kappa shape index (κ1) is 27.5. The third-order valence-corrected chi connectivity index (χ3v) is 7.12. The van der Waals surface area contributed by atoms with Crippen LogP contribution in [0.2, 0.25) is 0 Å². The number of aliphatic hydroxyl groups excluding tert-OH is 1. The predicted octanol–water partition coefficient (Wildman–Crippen LogP) is 3.61. The first-order chi connectivity index (χ1) is 19.1. The molecule has 5 rings (SSSR count). The molecule has 1 aliphatic heterocycles. The molecule has 0 bridgehead atoms. The van der Waals surface area contributed by atoms with E-state index < -0.39 is 17.8 Å². The SMILES string of the molecule is C[C@H](O)c1nccn1Cc1cc(-c2ccc(C#C[C@@H]3[C@H]4CN(C(=O)CCNC(=O)OC(C)(C)C)C[C@@H]34)cc2)on1. The number of hydrogen-bond acceptors (Lipinski definition) is 7. The molecule has 1 saturated heterocycles. The zero-order valence-corrected chi connectivity index (χ0v) is 23.3. The lowest BCUT2D eigenvalue weighted by Crippen LogP contribution is -2.37. The number of aliphatic hydroxyl groups is 1. The Labute approximate surface area is 233 Å². The van der Waals surface area contributed by atoms with E-state index in [1.54, 1.807) is 40.1 Å². The van der Waals surface area contributed by atoms with Crippen molar-refractivity contribution in [2.75, 3.05) is 19.6 Å². The van der Waals surface area contributed by atoms with Gasteiger partial charge in [0.2, 0.25) is 5.91 Å². The predicted molar refractivity (Wildman–Crippen MR) is 147 cm³/mol. The molecular weight excluding hydrogens is 510 g/mol. The number of nitrogens with one attached hydrogen (secondary N) is 1. The Morgan fingerprint density at radius 3 is 2.62 bits per heavy atom. The number of hydrogen-bond donors (Lipinski definition) is 2. The number of fused-ring (bicyclic) bond motifs is 1. The largest absolute Gasteiger partial charge is 0.444 e. The van der Waals surface area contributed by atoms with Gasteiger partial charge in [-0.1, -0.05) is 17.0 Å². The van der Waals surface area contributed by atoms with Crippen LogP contribution in [0.15, 0.2) is 47.2 Å². The molecule has 1 saturated carbocycles. The van der Waals surface area contributed by atoms with E-state index in [4.69, 9.17) is 9.26 Å². The Morgan fingerprint density at radius 1 is 1.23 bits per heavy atom. The highest BCUT2D eigenvalue weighted by Crippen LogP contribution is 2.51. The molecule has 0 radical (unpaired) electrons. The van der Waals surface area contributed by atoms with Crippen molar-refractivity contribution in [3.63, 3.8) is 0 Å². The number of ether oxygens (including phenoxy) is 1. The molecule has 2 aliphatic rings. The van der Waals surface area contributed by atoms with Crippen molar-refractivity contribution in [2.45, 2.75) is 52.4 Å². The molecular formula is C30H35N5O5. The number of carbonyl (C=O) groups is 2. The van der Waals surface area contributed by atoms with Gasteiger partial charge in [-0.25, -0.2) is 9.78 Å². The minimum Gasteiger partial charge on any atom is -0.444 e. The fraction of sp³-hybridized carbons (Fsp3) is 0.467. The van der Waals surface area contributed by atoms with Crippen LogP contribution >= 0.6 is 0 Å². The van der Waals surface area contributed by atoms with Crippen LogP contribution in [0.3, 0.4) is 0 Å². The number of piperidine rings is 1. The van der Waals surface area contributed by atoms with E-state index in [0.29, 0.717) is 35.9 Å². The molecule has 2 amide bonds. The summed E-state index contributed by atoms with van der Waals surface area (Å²) < 4.78 is 12.6. The van der Waals surface area contributed by atoms with Crippen LogP contribution < -0.4 is 5.32 Å². The summed E-state index contributed by atoms with van der Waals surface area (Å²) in [6.45, 7) is 9.26. The topological polar surface area (TPSA) is 123 Å². The van der Waals surface area contributed by atoms with Gasteiger partial charge in [0.1, 0.15) is 23.2 Å². The summed E-state index contributed by atoms with van der Waals surface area (Å²) in [5.74, 6) is 9.13. The number of benzene rings is 1. The molecule has 3 heterocycles. The molecule has 2 aromatic heterocycles. The molecule has 0 unspecified atom stereocenters. The van der Waals surface area contributed by atoms with Crippen LogP contribution in [0.1, 0.15) is 57.3 Å². The van der Waals surface area contributed by atoms with Crippen molar-refractivity contribution in [3.8, 4) is 23.2 Å². The van der Waals surface area contributed by atoms with E-state index in [2.05, 4.69) is 27.3 Å². The van der Waals surface area contributed by atoms with Crippen LogP contribution in [0.4, 0.5) is 4.79 Å². The second kappa shape index (κ2) is 11.2. The van der Waals surface area contributed by atoms with Gasteiger partial charge >= 0.3 is 6.09 Å². The van der Waals surface area contributed by atoms with Gasteiger partial charge in [-0.2, -0.15) is 0 Å². The summed E-state index contributed by atoms with van der Waals surface area (Å²) in [5.41, 5.74) is 2.01. The monoisotopic (exact) mass is 545 g/mol. The Bertz CT molecular complexity index is 1410. The minimum atomic E-state index is -0.661. The number of alkyl carbamates (subject to hydrolysis) is 1. The van der Waals surface area contributed by atoms with Gasteiger partial charge in [-0.3, -0.25) is 4.79 Å². The van der Waals surface area contributed by atoms with E-state index in [0.717, 1.165) is 29.9 Å². The van der Waals surface area contributed by atoms with Gasteiger partial charge in [0.25, 0.3) is 0 Å². The second-order valence-corrected chi connectivity index (χ2v) is 11.4. The van der Waals surface area contributed by atoms with Gasteiger partial charge in [0.05, 0.1) is 6.54 Å². The van der Waals surface area contributed by atoms with Crippen LogP contribution in [0.5, 0.6) is 0 Å². The zero-order valence-electron chi connectivity index (χ0n) is 23.3. The van der Waals surface area contributed by atoms with Crippen molar-refractivity contribution in [1.29, 1.82) is 0 Å². The maximum atomic E-state index is 12.5. The molecule has 1 aromatic carbocycles. The fourth-order valence-electron chi connectivity index (χ4n) is 5.09. The third kappa shape index (κ3) is 6.54. The van der Waals surface area contributed by atoms with Crippen molar-refractivity contribution < 1.29 is 24.0 Å². The maximum absolute atomic E-state index is 12.5. The molecule has 2 N–H and O–H groups in total. The van der Waals surface area contributed by atoms with E-state index in [1.165, 1.54) is 0 Å². The fourth-order valence-corrected chi connectivity index (χ4v) is 5.09. The lowest BCUT2D eigenvalue weighted by atomic mass is 10.1. The van der Waals surface area contributed by atoms with E-state index in [9.17, 15) is 14.7 Å². The molecule has 10 nitrogen and oxygen atoms in total. The lowest BCUT2D eigenvalue weighted by molar-refractivity contribution is -0.130. The van der Waals surface area contributed by atoms with E-state index >= 15 is 0 Å². The maximum Gasteiger partial charge on any atom is 0.407 e. The number of imidazole rings is 1. The molecule has 4 atom stereocenters. The number of carbonyl (C=O) groups excluding carboxylic acids is 2. The molecule has 2 fully saturated rings. The zero-order chi connectivity index (χ0) is 28.4. The number of amides is 2. The van der Waals surface area contributed by atoms with Crippen LogP contribution in [0, 0.1) is 29.6 Å². The van der Waals surface area contributed by atoms with Gasteiger partial charge in [-0.05, 0) is 63.8 Å². The Hall–Kier alpha value is -4.10.